The minimum Gasteiger partial charge on any atom is -0.478 e. The van der Waals surface area contributed by atoms with E-state index in [0.29, 0.717) is 37.4 Å². The minimum atomic E-state index is -2.78. The highest BCUT2D eigenvalue weighted by Gasteiger charge is 2.53. The summed E-state index contributed by atoms with van der Waals surface area (Å²) in [7, 11) is 0. The Bertz CT molecular complexity index is 4420. The molecular formula is C74H70F6N6O8. The summed E-state index contributed by atoms with van der Waals surface area (Å²) in [5, 5.41) is 29.8. The van der Waals surface area contributed by atoms with Gasteiger partial charge in [0.2, 0.25) is 0 Å². The molecule has 94 heavy (non-hydrogen) atoms. The molecule has 0 radical (unpaired) electrons. The molecule has 0 bridgehead atoms. The largest absolute Gasteiger partial charge is 0.478 e. The zero-order valence-corrected chi connectivity index (χ0v) is 51.8. The molecule has 7 atom stereocenters. The Hall–Kier alpha value is -9.05. The third-order valence-corrected chi connectivity index (χ3v) is 19.4. The maximum Gasteiger partial charge on any atom is 0.328 e. The molecular weight excluding hydrogens is 1210 g/mol. The molecule has 9 aromatic rings. The number of carbonyl (C=O) groups is 3. The van der Waals surface area contributed by atoms with Gasteiger partial charge < -0.3 is 39.7 Å². The summed E-state index contributed by atoms with van der Waals surface area (Å²) in [6.45, 7) is 9.00. The summed E-state index contributed by atoms with van der Waals surface area (Å²) in [6.07, 6.45) is 9.23. The lowest BCUT2D eigenvalue weighted by molar-refractivity contribution is -0.139. The van der Waals surface area contributed by atoms with Crippen LogP contribution >= 0.6 is 0 Å². The van der Waals surface area contributed by atoms with Crippen molar-refractivity contribution in [2.24, 2.45) is 0 Å². The molecule has 7 unspecified atom stereocenters. The molecule has 1 aliphatic carbocycles. The van der Waals surface area contributed by atoms with E-state index in [-0.39, 0.29) is 59.3 Å². The second-order valence-electron chi connectivity index (χ2n) is 25.5. The van der Waals surface area contributed by atoms with Gasteiger partial charge in [-0.15, -0.1) is 0 Å². The van der Waals surface area contributed by atoms with Gasteiger partial charge in [-0.25, -0.2) is 40.7 Å². The van der Waals surface area contributed by atoms with Gasteiger partial charge in [0.05, 0.1) is 44.0 Å². The Balaban J connectivity index is 0.000000128. The smallest absolute Gasteiger partial charge is 0.328 e. The van der Waals surface area contributed by atoms with Crippen molar-refractivity contribution in [1.29, 1.82) is 0 Å². The van der Waals surface area contributed by atoms with Crippen molar-refractivity contribution < 1.29 is 65.5 Å². The first kappa shape index (κ1) is 63.7. The first-order valence-corrected chi connectivity index (χ1v) is 31.6. The molecule has 20 heteroatoms. The van der Waals surface area contributed by atoms with Crippen molar-refractivity contribution >= 4 is 68.8 Å². The maximum atomic E-state index is 15.5. The summed E-state index contributed by atoms with van der Waals surface area (Å²) in [5.74, 6) is -9.20. The molecule has 3 fully saturated rings. The quantitative estimate of drug-likeness (QED) is 0.0505. The summed E-state index contributed by atoms with van der Waals surface area (Å²) < 4.78 is 100. The molecule has 6 N–H and O–H groups in total. The normalized spacial score (nSPS) is 23.2. The molecule has 15 rings (SSSR count). The van der Waals surface area contributed by atoms with Gasteiger partial charge in [0.25, 0.3) is 5.92 Å². The number of hydrogen-bond acceptors (Lipinski definition) is 8. The fraction of sp³-hybridized carbons (Fsp3) is 0.311. The molecule has 8 heterocycles. The van der Waals surface area contributed by atoms with Crippen LogP contribution in [-0.2, 0) is 43.1 Å². The maximum absolute atomic E-state index is 15.5. The zero-order chi connectivity index (χ0) is 65.9. The number of halogens is 6. The van der Waals surface area contributed by atoms with Crippen molar-refractivity contribution in [2.45, 2.75) is 120 Å². The van der Waals surface area contributed by atoms with Crippen molar-refractivity contribution in [1.82, 2.24) is 29.7 Å². The average molecular weight is 1290 g/mol. The Morgan fingerprint density at radius 2 is 0.840 bits per heavy atom. The van der Waals surface area contributed by atoms with E-state index in [4.69, 9.17) is 24.8 Å². The van der Waals surface area contributed by atoms with E-state index in [9.17, 15) is 23.2 Å². The number of rotatable bonds is 12. The van der Waals surface area contributed by atoms with E-state index >= 15 is 17.6 Å². The fourth-order valence-corrected chi connectivity index (χ4v) is 15.3. The molecule has 5 aliphatic heterocycles. The van der Waals surface area contributed by atoms with Crippen LogP contribution in [0.15, 0.2) is 140 Å². The van der Waals surface area contributed by atoms with Gasteiger partial charge in [0.15, 0.2) is 0 Å². The lowest BCUT2D eigenvalue weighted by Gasteiger charge is -2.51. The summed E-state index contributed by atoms with van der Waals surface area (Å²) >= 11 is 0. The molecule has 6 aromatic carbocycles. The van der Waals surface area contributed by atoms with Gasteiger partial charge in [0, 0.05) is 129 Å². The van der Waals surface area contributed by atoms with Crippen LogP contribution in [0.5, 0.6) is 0 Å². The number of aromatic nitrogens is 3. The highest BCUT2D eigenvalue weighted by atomic mass is 19.3. The van der Waals surface area contributed by atoms with Crippen molar-refractivity contribution in [3.63, 3.8) is 0 Å². The number of fused-ring (bicyclic) bond motifs is 9. The average Bonchev–Trinajstić information content (AvgIpc) is 1.48. The number of aliphatic carboxylic acids is 3. The van der Waals surface area contributed by atoms with Crippen LogP contribution in [-0.4, -0.2) is 131 Å². The first-order valence-electron chi connectivity index (χ1n) is 31.6. The molecule has 14 nitrogen and oxygen atoms in total. The molecule has 3 aromatic heterocycles. The number of nitrogens with zero attached hydrogens (tertiary/aromatic N) is 3. The van der Waals surface area contributed by atoms with Gasteiger partial charge in [0.1, 0.15) is 23.3 Å². The lowest BCUT2D eigenvalue weighted by atomic mass is 9.80. The summed E-state index contributed by atoms with van der Waals surface area (Å²) in [5.41, 5.74) is 11.1. The number of H-pyrrole nitrogens is 3. The standard InChI is InChI=1S/C25H22F4N2O2.C25H24F2N2O3.C24H24N2O3/c1-13-8-17-16-4-2-3-5-20(16)30-23(17)24(31(13)15-11-25(28,29)12-15)22-18(26)9-14(10-19(22)27)6-7-21(32)33;1-14-10-18-17-4-2-3-5-21(17)28-24(18)25(29(14)16-8-9-32-13-16)23-19(26)11-15(12-20(23)27)6-7-22(30)31;1-15-12-20-19-4-2-3-5-21(19)25-23(20)24(26(15)18-13-29-14-18)17-9-6-16(7-10-17)8-11-22(27)28/h2-7,9-10,13,15,24,30H,8,11-12H2,1H3,(H,32,33);2-7,11-12,14,16,25,28H,8-10,13H2,1H3,(H,30,31);2-11,15,18,24-25H,12-14H2,1H3,(H,27,28)/b2*7-6+;11-8+. The van der Waals surface area contributed by atoms with Crippen LogP contribution in [0.1, 0.15) is 125 Å². The Morgan fingerprint density at radius 3 is 1.20 bits per heavy atom. The number of ether oxygens (including phenoxy) is 2. The van der Waals surface area contributed by atoms with Crippen molar-refractivity contribution in [2.75, 3.05) is 26.4 Å². The first-order chi connectivity index (χ1) is 45.2. The number of benzene rings is 6. The number of nitrogens with one attached hydrogen (secondary N) is 3. The van der Waals surface area contributed by atoms with Crippen LogP contribution in [0.4, 0.5) is 26.3 Å². The van der Waals surface area contributed by atoms with Crippen LogP contribution in [0.3, 0.4) is 0 Å². The van der Waals surface area contributed by atoms with Gasteiger partial charge >= 0.3 is 17.9 Å². The number of carboxylic acid groups (broad SMARTS) is 3. The lowest BCUT2D eigenvalue weighted by Crippen LogP contribution is -2.57. The molecule has 6 aliphatic rings. The highest BCUT2D eigenvalue weighted by molar-refractivity contribution is 5.89. The number of carboxylic acids is 3. The predicted octanol–water partition coefficient (Wildman–Crippen LogP) is 14.3. The highest BCUT2D eigenvalue weighted by Crippen LogP contribution is 2.51. The topological polar surface area (TPSA) is 187 Å². The van der Waals surface area contributed by atoms with E-state index < -0.39 is 65.2 Å². The molecule has 2 saturated heterocycles. The fourth-order valence-electron chi connectivity index (χ4n) is 15.3. The number of hydrogen-bond donors (Lipinski definition) is 6. The number of para-hydroxylation sites is 3. The van der Waals surface area contributed by atoms with E-state index in [1.165, 1.54) is 52.0 Å². The molecule has 486 valence electrons. The zero-order valence-electron chi connectivity index (χ0n) is 51.8. The number of alkyl halides is 2. The van der Waals surface area contributed by atoms with Crippen LogP contribution in [0.2, 0.25) is 0 Å². The number of aromatic amines is 3. The van der Waals surface area contributed by atoms with E-state index in [0.717, 1.165) is 107 Å². The molecule has 0 spiro atoms. The SMILES string of the molecule is CC1Cc2c([nH]c3ccccc23)C(c2c(F)cc(/C=C/C(=O)O)cc2F)N1C1CC(F)(F)C1.CC1Cc2c([nH]c3ccccc23)C(c2c(F)cc(/C=C/C(=O)O)cc2F)N1C1CCOC1.CC1Cc2c([nH]c3ccccc23)C(c2ccc(/C=C/C(=O)O)cc2)N1C1COC1. The Kier molecular flexibility index (Phi) is 17.6. The van der Waals surface area contributed by atoms with Crippen LogP contribution in [0, 0.1) is 23.3 Å². The van der Waals surface area contributed by atoms with Gasteiger partial charge in [-0.05, 0) is 146 Å². The van der Waals surface area contributed by atoms with E-state index in [1.54, 1.807) is 6.08 Å². The Morgan fingerprint density at radius 1 is 0.479 bits per heavy atom. The van der Waals surface area contributed by atoms with E-state index in [2.05, 4.69) is 75.0 Å². The second-order valence-corrected chi connectivity index (χ2v) is 25.5. The van der Waals surface area contributed by atoms with Crippen molar-refractivity contribution in [3.8, 4) is 0 Å². The van der Waals surface area contributed by atoms with Gasteiger partial charge in [-0.3, -0.25) is 14.7 Å². The summed E-state index contributed by atoms with van der Waals surface area (Å²) in [6, 6.07) is 35.6. The molecule has 0 amide bonds. The van der Waals surface area contributed by atoms with Gasteiger partial charge in [-0.1, -0.05) is 78.9 Å². The van der Waals surface area contributed by atoms with Crippen LogP contribution < -0.4 is 0 Å². The third-order valence-electron chi connectivity index (χ3n) is 19.4. The van der Waals surface area contributed by atoms with E-state index in [1.807, 2.05) is 72.5 Å². The Labute approximate surface area is 537 Å². The minimum absolute atomic E-state index is 0.0243. The van der Waals surface area contributed by atoms with Crippen molar-refractivity contribution in [3.05, 3.63) is 230 Å². The monoisotopic (exact) mass is 1280 g/mol. The van der Waals surface area contributed by atoms with Crippen LogP contribution in [0.25, 0.3) is 50.9 Å². The van der Waals surface area contributed by atoms with Gasteiger partial charge in [-0.2, -0.15) is 0 Å². The third kappa shape index (κ3) is 12.4. The predicted molar refractivity (Wildman–Crippen MR) is 346 cm³/mol. The second kappa shape index (κ2) is 26.0. The summed E-state index contributed by atoms with van der Waals surface area (Å²) in [4.78, 5) is 49.4. The molecule has 1 saturated carbocycles.